The number of aryl methyl sites for hydroxylation is 1. The number of carbonyl (C=O) groups excluding carboxylic acids is 2. The minimum absolute atomic E-state index is 0.0380. The minimum Gasteiger partial charge on any atom is -0.355 e. The van der Waals surface area contributed by atoms with Crippen LogP contribution >= 0.6 is 11.8 Å². The van der Waals surface area contributed by atoms with Gasteiger partial charge in [-0.15, -0.1) is 0 Å². The number of hydrogen-bond donors (Lipinski definition) is 2. The summed E-state index contributed by atoms with van der Waals surface area (Å²) in [5, 5.41) is 0.679. The van der Waals surface area contributed by atoms with Crippen LogP contribution in [0.1, 0.15) is 39.0 Å². The molecule has 0 atom stereocenters. The van der Waals surface area contributed by atoms with E-state index in [1.54, 1.807) is 0 Å². The number of hydrogen-bond acceptors (Lipinski definition) is 4. The lowest BCUT2D eigenvalue weighted by molar-refractivity contribution is 0.101. The van der Waals surface area contributed by atoms with Gasteiger partial charge >= 0.3 is 0 Å². The lowest BCUT2D eigenvalue weighted by atomic mass is 10.1. The summed E-state index contributed by atoms with van der Waals surface area (Å²) < 4.78 is 0. The Kier molecular flexibility index (Phi) is 5.91. The van der Waals surface area contributed by atoms with E-state index in [-0.39, 0.29) is 17.3 Å². The predicted molar refractivity (Wildman–Crippen MR) is 125 cm³/mol. The molecular formula is C25H23N3O2S. The zero-order valence-electron chi connectivity index (χ0n) is 17.7. The van der Waals surface area contributed by atoms with E-state index in [0.29, 0.717) is 22.0 Å². The normalized spacial score (nSPS) is 10.9. The molecule has 0 saturated heterocycles. The Morgan fingerprint density at radius 3 is 2.10 bits per heavy atom. The monoisotopic (exact) mass is 429 g/mol. The molecular weight excluding hydrogens is 406 g/mol. The van der Waals surface area contributed by atoms with Gasteiger partial charge in [-0.3, -0.25) is 9.59 Å². The predicted octanol–water partition coefficient (Wildman–Crippen LogP) is 5.87. The van der Waals surface area contributed by atoms with E-state index in [4.69, 9.17) is 4.98 Å². The summed E-state index contributed by atoms with van der Waals surface area (Å²) in [5.41, 5.74) is 6.36. The summed E-state index contributed by atoms with van der Waals surface area (Å²) in [4.78, 5) is 36.0. The largest absolute Gasteiger partial charge is 0.355 e. The smallest absolute Gasteiger partial charge is 0.189 e. The van der Waals surface area contributed by atoms with Gasteiger partial charge in [-0.05, 0) is 26.3 Å². The van der Waals surface area contributed by atoms with Crippen LogP contribution in [0.4, 0.5) is 0 Å². The summed E-state index contributed by atoms with van der Waals surface area (Å²) in [7, 11) is 0. The molecule has 4 aromatic rings. The Morgan fingerprint density at radius 2 is 1.52 bits per heavy atom. The molecule has 4 rings (SSSR count). The summed E-state index contributed by atoms with van der Waals surface area (Å²) in [6.45, 7) is 5.15. The van der Waals surface area contributed by atoms with Crippen molar-refractivity contribution in [2.45, 2.75) is 25.9 Å². The van der Waals surface area contributed by atoms with Crippen molar-refractivity contribution in [1.82, 2.24) is 15.0 Å². The van der Waals surface area contributed by atoms with Gasteiger partial charge in [0, 0.05) is 22.4 Å². The molecule has 156 valence electrons. The van der Waals surface area contributed by atoms with E-state index in [1.807, 2.05) is 74.5 Å². The van der Waals surface area contributed by atoms with Crippen molar-refractivity contribution in [2.24, 2.45) is 0 Å². The zero-order chi connectivity index (χ0) is 22.0. The second-order valence-electron chi connectivity index (χ2n) is 7.39. The second kappa shape index (κ2) is 8.78. The molecule has 2 aromatic carbocycles. The number of rotatable bonds is 7. The Labute approximate surface area is 185 Å². The van der Waals surface area contributed by atoms with E-state index in [1.165, 1.54) is 18.7 Å². The fourth-order valence-electron chi connectivity index (χ4n) is 3.80. The summed E-state index contributed by atoms with van der Waals surface area (Å²) in [6.07, 6.45) is 0. The first-order valence-electron chi connectivity index (χ1n) is 10.0. The van der Waals surface area contributed by atoms with Crippen molar-refractivity contribution in [3.8, 4) is 22.5 Å². The molecule has 0 amide bonds. The SMILES string of the molecule is CC(=O)c1c(C)[nH]c(C(=O)CSc2nc(-c3ccccc3)c(-c3ccccc3)[nH]2)c1C. The maximum atomic E-state index is 12.9. The average Bonchev–Trinajstić information content (AvgIpc) is 3.34. The number of aromatic nitrogens is 3. The molecule has 0 aliphatic rings. The van der Waals surface area contributed by atoms with Gasteiger partial charge in [-0.1, -0.05) is 72.4 Å². The van der Waals surface area contributed by atoms with Crippen molar-refractivity contribution < 1.29 is 9.59 Å². The highest BCUT2D eigenvalue weighted by molar-refractivity contribution is 7.99. The van der Waals surface area contributed by atoms with Crippen LogP contribution in [0.3, 0.4) is 0 Å². The molecule has 5 nitrogen and oxygen atoms in total. The number of nitrogens with one attached hydrogen (secondary N) is 2. The highest BCUT2D eigenvalue weighted by Gasteiger charge is 2.21. The molecule has 0 bridgehead atoms. The third-order valence-corrected chi connectivity index (χ3v) is 6.07. The Morgan fingerprint density at radius 1 is 0.903 bits per heavy atom. The Balaban J connectivity index is 1.61. The number of aromatic amines is 2. The first kappa shape index (κ1) is 20.9. The lowest BCUT2D eigenvalue weighted by Crippen LogP contribution is -2.05. The van der Waals surface area contributed by atoms with E-state index >= 15 is 0 Å². The molecule has 0 spiro atoms. The molecule has 2 aromatic heterocycles. The number of Topliss-reactive ketones (excluding diaryl/α,β-unsaturated/α-hetero) is 2. The third kappa shape index (κ3) is 4.25. The number of H-pyrrole nitrogens is 2. The van der Waals surface area contributed by atoms with Crippen LogP contribution in [0, 0.1) is 13.8 Å². The highest BCUT2D eigenvalue weighted by atomic mass is 32.2. The van der Waals surface area contributed by atoms with Crippen LogP contribution in [0.15, 0.2) is 65.8 Å². The summed E-state index contributed by atoms with van der Waals surface area (Å²) >= 11 is 1.36. The summed E-state index contributed by atoms with van der Waals surface area (Å²) in [5.74, 6) is 0.120. The van der Waals surface area contributed by atoms with E-state index in [9.17, 15) is 9.59 Å². The number of nitrogens with zero attached hydrogens (tertiary/aromatic N) is 1. The van der Waals surface area contributed by atoms with E-state index < -0.39 is 0 Å². The molecule has 0 saturated carbocycles. The maximum absolute atomic E-state index is 12.9. The molecule has 0 radical (unpaired) electrons. The topological polar surface area (TPSA) is 78.6 Å². The summed E-state index contributed by atoms with van der Waals surface area (Å²) in [6, 6.07) is 20.0. The zero-order valence-corrected chi connectivity index (χ0v) is 18.5. The van der Waals surface area contributed by atoms with Gasteiger partial charge < -0.3 is 9.97 Å². The van der Waals surface area contributed by atoms with Crippen LogP contribution in [-0.2, 0) is 0 Å². The van der Waals surface area contributed by atoms with Crippen LogP contribution in [0.2, 0.25) is 0 Å². The average molecular weight is 430 g/mol. The van der Waals surface area contributed by atoms with Crippen LogP contribution < -0.4 is 0 Å². The quantitative estimate of drug-likeness (QED) is 0.285. The molecule has 6 heteroatoms. The number of imidazole rings is 1. The third-order valence-electron chi connectivity index (χ3n) is 5.20. The minimum atomic E-state index is -0.0583. The van der Waals surface area contributed by atoms with E-state index in [0.717, 1.165) is 28.2 Å². The van der Waals surface area contributed by atoms with E-state index in [2.05, 4.69) is 9.97 Å². The number of benzene rings is 2. The first-order valence-corrected chi connectivity index (χ1v) is 11.0. The second-order valence-corrected chi connectivity index (χ2v) is 8.35. The molecule has 31 heavy (non-hydrogen) atoms. The fraction of sp³-hybridized carbons (Fsp3) is 0.160. The van der Waals surface area contributed by atoms with Gasteiger partial charge in [-0.25, -0.2) is 4.98 Å². The van der Waals surface area contributed by atoms with Gasteiger partial charge in [0.05, 0.1) is 22.8 Å². The highest BCUT2D eigenvalue weighted by Crippen LogP contribution is 2.33. The van der Waals surface area contributed by atoms with Gasteiger partial charge in [0.2, 0.25) is 0 Å². The van der Waals surface area contributed by atoms with Crippen molar-refractivity contribution >= 4 is 23.3 Å². The van der Waals surface area contributed by atoms with Crippen LogP contribution in [-0.4, -0.2) is 32.3 Å². The molecule has 0 aliphatic carbocycles. The number of thioether (sulfide) groups is 1. The molecule has 0 unspecified atom stereocenters. The Hall–Kier alpha value is -3.38. The number of ketones is 2. The van der Waals surface area contributed by atoms with Gasteiger partial charge in [0.1, 0.15) is 0 Å². The van der Waals surface area contributed by atoms with Gasteiger partial charge in [0.15, 0.2) is 16.7 Å². The van der Waals surface area contributed by atoms with Crippen molar-refractivity contribution in [3.63, 3.8) is 0 Å². The number of carbonyl (C=O) groups is 2. The van der Waals surface area contributed by atoms with Gasteiger partial charge in [-0.2, -0.15) is 0 Å². The van der Waals surface area contributed by atoms with Crippen molar-refractivity contribution in [2.75, 3.05) is 5.75 Å². The first-order chi connectivity index (χ1) is 15.0. The van der Waals surface area contributed by atoms with Crippen molar-refractivity contribution in [1.29, 1.82) is 0 Å². The molecule has 0 aliphatic heterocycles. The lowest BCUT2D eigenvalue weighted by Gasteiger charge is -2.02. The van der Waals surface area contributed by atoms with Gasteiger partial charge in [0.25, 0.3) is 0 Å². The van der Waals surface area contributed by atoms with Crippen LogP contribution in [0.5, 0.6) is 0 Å². The van der Waals surface area contributed by atoms with Crippen molar-refractivity contribution in [3.05, 3.63) is 83.2 Å². The molecule has 0 fully saturated rings. The molecule has 2 N–H and O–H groups in total. The fourth-order valence-corrected chi connectivity index (χ4v) is 4.54. The van der Waals surface area contributed by atoms with Crippen LogP contribution in [0.25, 0.3) is 22.5 Å². The molecule has 2 heterocycles. The standard InChI is InChI=1S/C25H23N3O2S/c1-15-21(17(3)29)16(2)26-22(15)20(30)14-31-25-27-23(18-10-6-4-7-11-18)24(28-25)19-12-8-5-9-13-19/h4-13,26H,14H2,1-3H3,(H,27,28). The maximum Gasteiger partial charge on any atom is 0.189 e. The Bertz CT molecular complexity index is 1180.